The van der Waals surface area contributed by atoms with E-state index in [1.54, 1.807) is 0 Å². The zero-order valence-corrected chi connectivity index (χ0v) is 17.8. The molecule has 0 fully saturated rings. The first-order valence-electron chi connectivity index (χ1n) is 10.0. The number of ether oxygens (including phenoxy) is 1. The fraction of sp³-hybridized carbons (Fsp3) is 0.409. The van der Waals surface area contributed by atoms with Crippen molar-refractivity contribution in [1.29, 1.82) is 0 Å². The van der Waals surface area contributed by atoms with Crippen LogP contribution < -0.4 is 10.1 Å². The van der Waals surface area contributed by atoms with E-state index in [0.29, 0.717) is 37.4 Å². The Kier molecular flexibility index (Phi) is 6.92. The highest BCUT2D eigenvalue weighted by atomic mass is 32.2. The van der Waals surface area contributed by atoms with Gasteiger partial charge in [0.1, 0.15) is 5.75 Å². The number of sulfonamides is 1. The molecule has 0 unspecified atom stereocenters. The topological polar surface area (TPSA) is 75.7 Å². The van der Waals surface area contributed by atoms with E-state index in [1.165, 1.54) is 9.87 Å². The fourth-order valence-electron chi connectivity index (χ4n) is 3.40. The van der Waals surface area contributed by atoms with Gasteiger partial charge in [0.05, 0.1) is 5.75 Å². The van der Waals surface area contributed by atoms with E-state index in [4.69, 9.17) is 4.74 Å². The Labute approximate surface area is 172 Å². The average molecular weight is 417 g/mol. The molecule has 0 atom stereocenters. The molecule has 0 aliphatic carbocycles. The Morgan fingerprint density at radius 2 is 1.86 bits per heavy atom. The van der Waals surface area contributed by atoms with Gasteiger partial charge in [-0.05, 0) is 60.2 Å². The molecule has 0 spiro atoms. The maximum absolute atomic E-state index is 12.4. The van der Waals surface area contributed by atoms with Gasteiger partial charge in [-0.15, -0.1) is 0 Å². The van der Waals surface area contributed by atoms with Crippen LogP contribution in [-0.2, 0) is 34.2 Å². The van der Waals surface area contributed by atoms with E-state index in [1.807, 2.05) is 49.4 Å². The molecule has 0 saturated carbocycles. The second-order valence-corrected chi connectivity index (χ2v) is 9.31. The Morgan fingerprint density at radius 1 is 1.10 bits per heavy atom. The third-order valence-electron chi connectivity index (χ3n) is 5.02. The minimum atomic E-state index is -3.23. The lowest BCUT2D eigenvalue weighted by molar-refractivity contribution is -0.118. The standard InChI is InChI=1S/C22H28N2O4S/c1-3-13-29(26,27)24-12-11-18-7-8-20(14-19(18)15-24)23-22(25)16-28-21-9-5-17(4-2)6-10-21/h5-10,14H,3-4,11-13,15-16H2,1-2H3,(H,23,25). The summed E-state index contributed by atoms with van der Waals surface area (Å²) in [7, 11) is -3.23. The third-order valence-corrected chi connectivity index (χ3v) is 7.05. The SMILES string of the molecule is CCCS(=O)(=O)N1CCc2ccc(NC(=O)COc3ccc(CC)cc3)cc2C1. The van der Waals surface area contributed by atoms with Crippen molar-refractivity contribution in [2.75, 3.05) is 24.2 Å². The van der Waals surface area contributed by atoms with Crippen LogP contribution in [0, 0.1) is 0 Å². The van der Waals surface area contributed by atoms with Crippen LogP contribution in [-0.4, -0.2) is 37.5 Å². The molecule has 0 aromatic heterocycles. The maximum Gasteiger partial charge on any atom is 0.262 e. The lowest BCUT2D eigenvalue weighted by atomic mass is 10.0. The second kappa shape index (κ2) is 9.41. The molecule has 156 valence electrons. The highest BCUT2D eigenvalue weighted by Gasteiger charge is 2.26. The summed E-state index contributed by atoms with van der Waals surface area (Å²) in [5, 5.41) is 2.83. The Hall–Kier alpha value is -2.38. The van der Waals surface area contributed by atoms with Gasteiger partial charge in [0.2, 0.25) is 10.0 Å². The first kappa shape index (κ1) is 21.3. The average Bonchev–Trinajstić information content (AvgIpc) is 2.72. The molecule has 7 heteroatoms. The summed E-state index contributed by atoms with van der Waals surface area (Å²) in [6, 6.07) is 13.3. The van der Waals surface area contributed by atoms with E-state index in [0.717, 1.165) is 17.5 Å². The Bertz CT molecular complexity index is 955. The van der Waals surface area contributed by atoms with Crippen LogP contribution in [0.3, 0.4) is 0 Å². The van der Waals surface area contributed by atoms with Gasteiger partial charge < -0.3 is 10.1 Å². The second-order valence-electron chi connectivity index (χ2n) is 7.22. The predicted molar refractivity (Wildman–Crippen MR) is 115 cm³/mol. The number of benzene rings is 2. The summed E-state index contributed by atoms with van der Waals surface area (Å²) < 4.78 is 31.8. The molecule has 2 aromatic carbocycles. The molecule has 29 heavy (non-hydrogen) atoms. The minimum Gasteiger partial charge on any atom is -0.484 e. The monoisotopic (exact) mass is 416 g/mol. The number of hydrogen-bond acceptors (Lipinski definition) is 4. The highest BCUT2D eigenvalue weighted by Crippen LogP contribution is 2.25. The Morgan fingerprint density at radius 3 is 2.55 bits per heavy atom. The van der Waals surface area contributed by atoms with E-state index >= 15 is 0 Å². The molecule has 1 N–H and O–H groups in total. The number of amides is 1. The van der Waals surface area contributed by atoms with Gasteiger partial charge in [-0.1, -0.05) is 32.0 Å². The van der Waals surface area contributed by atoms with Crippen molar-refractivity contribution in [2.24, 2.45) is 0 Å². The predicted octanol–water partition coefficient (Wildman–Crippen LogP) is 3.36. The zero-order valence-electron chi connectivity index (χ0n) is 17.0. The first-order chi connectivity index (χ1) is 13.9. The van der Waals surface area contributed by atoms with Crippen molar-refractivity contribution in [3.8, 4) is 5.75 Å². The number of carbonyl (C=O) groups excluding carboxylic acids is 1. The number of hydrogen-bond donors (Lipinski definition) is 1. The molecule has 0 radical (unpaired) electrons. The molecule has 0 bridgehead atoms. The number of nitrogens with zero attached hydrogens (tertiary/aromatic N) is 1. The zero-order chi connectivity index (χ0) is 20.9. The van der Waals surface area contributed by atoms with Gasteiger partial charge in [-0.2, -0.15) is 4.31 Å². The van der Waals surface area contributed by atoms with Crippen LogP contribution in [0.4, 0.5) is 5.69 Å². The largest absolute Gasteiger partial charge is 0.484 e. The smallest absolute Gasteiger partial charge is 0.262 e. The van der Waals surface area contributed by atoms with Gasteiger partial charge in [0, 0.05) is 18.8 Å². The number of carbonyl (C=O) groups is 1. The van der Waals surface area contributed by atoms with Gasteiger partial charge in [-0.25, -0.2) is 8.42 Å². The molecule has 1 aliphatic rings. The van der Waals surface area contributed by atoms with Crippen LogP contribution in [0.25, 0.3) is 0 Å². The molecule has 6 nitrogen and oxygen atoms in total. The summed E-state index contributed by atoms with van der Waals surface area (Å²) in [4.78, 5) is 12.2. The summed E-state index contributed by atoms with van der Waals surface area (Å²) in [6.45, 7) is 4.72. The van der Waals surface area contributed by atoms with Crippen LogP contribution in [0.1, 0.15) is 37.0 Å². The molecular formula is C22H28N2O4S. The van der Waals surface area contributed by atoms with E-state index in [-0.39, 0.29) is 18.3 Å². The van der Waals surface area contributed by atoms with Gasteiger partial charge in [0.25, 0.3) is 5.91 Å². The molecule has 1 heterocycles. The van der Waals surface area contributed by atoms with Crippen LogP contribution in [0.5, 0.6) is 5.75 Å². The molecule has 1 aliphatic heterocycles. The Balaban J connectivity index is 1.60. The third kappa shape index (κ3) is 5.58. The minimum absolute atomic E-state index is 0.0838. The van der Waals surface area contributed by atoms with Crippen LogP contribution >= 0.6 is 0 Å². The lowest BCUT2D eigenvalue weighted by Crippen LogP contribution is -2.37. The first-order valence-corrected chi connectivity index (χ1v) is 11.6. The lowest BCUT2D eigenvalue weighted by Gasteiger charge is -2.28. The van der Waals surface area contributed by atoms with E-state index in [2.05, 4.69) is 12.2 Å². The highest BCUT2D eigenvalue weighted by molar-refractivity contribution is 7.89. The van der Waals surface area contributed by atoms with E-state index < -0.39 is 10.0 Å². The van der Waals surface area contributed by atoms with Crippen molar-refractivity contribution in [3.63, 3.8) is 0 Å². The van der Waals surface area contributed by atoms with Crippen LogP contribution in [0.15, 0.2) is 42.5 Å². The number of fused-ring (bicyclic) bond motifs is 1. The maximum atomic E-state index is 12.4. The van der Waals surface area contributed by atoms with Crippen molar-refractivity contribution >= 4 is 21.6 Å². The van der Waals surface area contributed by atoms with Gasteiger partial charge in [-0.3, -0.25) is 4.79 Å². The number of rotatable bonds is 8. The normalized spacial score (nSPS) is 14.3. The fourth-order valence-corrected chi connectivity index (χ4v) is 4.88. The number of aryl methyl sites for hydroxylation is 1. The van der Waals surface area contributed by atoms with Crippen LogP contribution in [0.2, 0.25) is 0 Å². The van der Waals surface area contributed by atoms with Crippen molar-refractivity contribution < 1.29 is 17.9 Å². The molecule has 3 rings (SSSR count). The summed E-state index contributed by atoms with van der Waals surface area (Å²) >= 11 is 0. The van der Waals surface area contributed by atoms with E-state index in [9.17, 15) is 13.2 Å². The van der Waals surface area contributed by atoms with Crippen molar-refractivity contribution in [2.45, 2.75) is 39.7 Å². The summed E-state index contributed by atoms with van der Waals surface area (Å²) in [6.07, 6.45) is 2.24. The van der Waals surface area contributed by atoms with Crippen molar-refractivity contribution in [1.82, 2.24) is 4.31 Å². The number of nitrogens with one attached hydrogen (secondary N) is 1. The summed E-state index contributed by atoms with van der Waals surface area (Å²) in [5.41, 5.74) is 3.92. The van der Waals surface area contributed by atoms with Gasteiger partial charge in [0.15, 0.2) is 6.61 Å². The quantitative estimate of drug-likeness (QED) is 0.716. The molecule has 2 aromatic rings. The summed E-state index contributed by atoms with van der Waals surface area (Å²) in [5.74, 6) is 0.561. The van der Waals surface area contributed by atoms with Gasteiger partial charge >= 0.3 is 0 Å². The molecule has 1 amide bonds. The van der Waals surface area contributed by atoms with Crippen molar-refractivity contribution in [3.05, 3.63) is 59.2 Å². The molecule has 0 saturated heterocycles. The number of anilines is 1. The molecular weight excluding hydrogens is 388 g/mol.